The van der Waals surface area contributed by atoms with Gasteiger partial charge in [0.1, 0.15) is 0 Å². The minimum atomic E-state index is -0.259. The number of aromatic hydroxyl groups is 1. The van der Waals surface area contributed by atoms with Crippen LogP contribution in [0.2, 0.25) is 0 Å². The molecule has 3 aromatic rings. The second kappa shape index (κ2) is 8.93. The van der Waals surface area contributed by atoms with Crippen molar-refractivity contribution in [1.82, 2.24) is 13.6 Å². The van der Waals surface area contributed by atoms with Gasteiger partial charge in [0.2, 0.25) is 0 Å². The summed E-state index contributed by atoms with van der Waals surface area (Å²) in [5.41, 5.74) is 2.43. The molecule has 0 aliphatic heterocycles. The number of carbonyl (C=O) groups is 1. The summed E-state index contributed by atoms with van der Waals surface area (Å²) < 4.78 is 8.79. The molecule has 0 aliphatic rings. The highest BCUT2D eigenvalue weighted by molar-refractivity contribution is 6.99. The van der Waals surface area contributed by atoms with Crippen molar-refractivity contribution in [3.05, 3.63) is 59.2 Å². The maximum atomic E-state index is 12.5. The van der Waals surface area contributed by atoms with Gasteiger partial charge in [0.25, 0.3) is 5.91 Å². The third kappa shape index (κ3) is 4.96. The summed E-state index contributed by atoms with van der Waals surface area (Å²) in [5, 5.41) is 17.4. The smallest absolute Gasteiger partial charge is 0.257 e. The van der Waals surface area contributed by atoms with Crippen molar-refractivity contribution in [3.8, 4) is 5.75 Å². The zero-order chi connectivity index (χ0) is 22.8. The van der Waals surface area contributed by atoms with Crippen molar-refractivity contribution in [2.24, 2.45) is 5.41 Å². The van der Waals surface area contributed by atoms with E-state index in [1.54, 1.807) is 33.2 Å². The monoisotopic (exact) mass is 439 g/mol. The summed E-state index contributed by atoms with van der Waals surface area (Å²) in [4.78, 5) is 14.0. The van der Waals surface area contributed by atoms with Crippen molar-refractivity contribution < 1.29 is 9.90 Å². The first kappa shape index (κ1) is 22.6. The van der Waals surface area contributed by atoms with Gasteiger partial charge in [0, 0.05) is 14.1 Å². The van der Waals surface area contributed by atoms with Crippen LogP contribution in [0.1, 0.15) is 48.3 Å². The van der Waals surface area contributed by atoms with E-state index in [1.807, 2.05) is 18.2 Å². The number of hydrogen-bond acceptors (Lipinski definition) is 7. The minimum Gasteiger partial charge on any atom is -0.505 e. The molecule has 0 spiro atoms. The van der Waals surface area contributed by atoms with Gasteiger partial charge in [-0.25, -0.2) is 0 Å². The lowest BCUT2D eigenvalue weighted by atomic mass is 9.82. The number of phenols is 1. The molecule has 0 fully saturated rings. The lowest BCUT2D eigenvalue weighted by Crippen LogP contribution is -2.26. The molecule has 0 radical (unpaired) electrons. The average molecular weight is 440 g/mol. The molecule has 1 atom stereocenters. The number of rotatable bonds is 6. The zero-order valence-electron chi connectivity index (χ0n) is 18.7. The number of anilines is 3. The van der Waals surface area contributed by atoms with E-state index in [-0.39, 0.29) is 28.7 Å². The van der Waals surface area contributed by atoms with E-state index in [9.17, 15) is 9.90 Å². The molecule has 3 N–H and O–H groups in total. The van der Waals surface area contributed by atoms with Crippen LogP contribution in [-0.2, 0) is 0 Å². The maximum absolute atomic E-state index is 12.5. The van der Waals surface area contributed by atoms with Gasteiger partial charge in [-0.15, -0.1) is 0 Å². The number of amides is 1. The summed E-state index contributed by atoms with van der Waals surface area (Å²) in [6, 6.07) is 13.7. The molecular formula is C23H29N5O2S. The number of benzene rings is 2. The van der Waals surface area contributed by atoms with E-state index < -0.39 is 0 Å². The zero-order valence-corrected chi connectivity index (χ0v) is 19.5. The molecular weight excluding hydrogens is 410 g/mol. The maximum Gasteiger partial charge on any atom is 0.257 e. The van der Waals surface area contributed by atoms with E-state index in [0.29, 0.717) is 22.9 Å². The number of nitrogens with zero attached hydrogens (tertiary/aromatic N) is 3. The molecule has 31 heavy (non-hydrogen) atoms. The summed E-state index contributed by atoms with van der Waals surface area (Å²) in [6.07, 6.45) is 0. The molecule has 0 saturated heterocycles. The Hall–Kier alpha value is -3.13. The number of nitrogens with one attached hydrogen (secondary N) is 2. The summed E-state index contributed by atoms with van der Waals surface area (Å²) in [6.45, 7) is 8.28. The van der Waals surface area contributed by atoms with E-state index >= 15 is 0 Å². The van der Waals surface area contributed by atoms with E-state index in [4.69, 9.17) is 0 Å². The Morgan fingerprint density at radius 2 is 1.71 bits per heavy atom. The van der Waals surface area contributed by atoms with Crippen LogP contribution in [0.4, 0.5) is 17.3 Å². The van der Waals surface area contributed by atoms with Crippen LogP contribution in [0, 0.1) is 12.3 Å². The second-order valence-corrected chi connectivity index (χ2v) is 9.32. The second-order valence-electron chi connectivity index (χ2n) is 8.79. The molecule has 1 heterocycles. The van der Waals surface area contributed by atoms with Crippen molar-refractivity contribution in [1.29, 1.82) is 0 Å². The van der Waals surface area contributed by atoms with Crippen molar-refractivity contribution in [2.75, 3.05) is 24.7 Å². The number of aromatic nitrogens is 2. The predicted octanol–water partition coefficient (Wildman–Crippen LogP) is 5.20. The number of aryl methyl sites for hydroxylation is 1. The number of hydrogen-bond donors (Lipinski definition) is 3. The SMILES string of the molecule is Cc1ccc(Nc2nsnc2N[C@@H](c2ccccc2)C(C)(C)C)c(O)c1C(=O)N(C)C. The van der Waals surface area contributed by atoms with Gasteiger partial charge in [-0.2, -0.15) is 8.75 Å². The fraction of sp³-hybridized carbons (Fsp3) is 0.348. The summed E-state index contributed by atoms with van der Waals surface area (Å²) in [5.74, 6) is 0.727. The van der Waals surface area contributed by atoms with Crippen LogP contribution in [0.25, 0.3) is 0 Å². The van der Waals surface area contributed by atoms with Crippen molar-refractivity contribution >= 4 is 35.0 Å². The Bertz CT molecular complexity index is 1060. The van der Waals surface area contributed by atoms with Gasteiger partial charge in [-0.3, -0.25) is 4.79 Å². The van der Waals surface area contributed by atoms with Crippen molar-refractivity contribution in [3.63, 3.8) is 0 Å². The first-order valence-electron chi connectivity index (χ1n) is 10.0. The first-order chi connectivity index (χ1) is 14.6. The molecule has 3 rings (SSSR count). The van der Waals surface area contributed by atoms with Gasteiger partial charge in [-0.05, 0) is 29.5 Å². The largest absolute Gasteiger partial charge is 0.505 e. The minimum absolute atomic E-state index is 0.00403. The summed E-state index contributed by atoms with van der Waals surface area (Å²) in [7, 11) is 3.31. The molecule has 1 aromatic heterocycles. The van der Waals surface area contributed by atoms with Crippen molar-refractivity contribution in [2.45, 2.75) is 33.7 Å². The third-order valence-electron chi connectivity index (χ3n) is 5.03. The Labute approximate surface area is 187 Å². The topological polar surface area (TPSA) is 90.4 Å². The molecule has 164 valence electrons. The molecule has 0 bridgehead atoms. The quantitative estimate of drug-likeness (QED) is 0.458. The number of carbonyl (C=O) groups excluding carboxylic acids is 1. The molecule has 1 amide bonds. The Morgan fingerprint density at radius 1 is 1.06 bits per heavy atom. The Balaban J connectivity index is 1.93. The molecule has 8 heteroatoms. The standard InChI is InChI=1S/C23H29N5O2S/c1-14-12-13-16(18(29)17(14)22(30)28(5)6)24-20-21(27-31-26-20)25-19(23(2,3)4)15-10-8-7-9-11-15/h7-13,19,29H,1-6H3,(H,24,26)(H,25,27)/t19-/m0/s1. The normalized spacial score (nSPS) is 12.3. The molecule has 0 saturated carbocycles. The first-order valence-corrected chi connectivity index (χ1v) is 10.8. The van der Waals surface area contributed by atoms with Crippen LogP contribution in [0.15, 0.2) is 42.5 Å². The fourth-order valence-electron chi connectivity index (χ4n) is 3.36. The lowest BCUT2D eigenvalue weighted by molar-refractivity contribution is 0.0824. The lowest BCUT2D eigenvalue weighted by Gasteiger charge is -2.32. The molecule has 7 nitrogen and oxygen atoms in total. The molecule has 0 aliphatic carbocycles. The van der Waals surface area contributed by atoms with Crippen LogP contribution in [0.5, 0.6) is 5.75 Å². The highest BCUT2D eigenvalue weighted by Crippen LogP contribution is 2.39. The Morgan fingerprint density at radius 3 is 2.32 bits per heavy atom. The third-order valence-corrected chi connectivity index (χ3v) is 5.56. The van der Waals surface area contributed by atoms with Gasteiger partial charge in [0.15, 0.2) is 17.4 Å². The predicted molar refractivity (Wildman–Crippen MR) is 126 cm³/mol. The van der Waals surface area contributed by atoms with Gasteiger partial charge < -0.3 is 20.6 Å². The van der Waals surface area contributed by atoms with Crippen LogP contribution >= 0.6 is 11.7 Å². The number of phenolic OH excluding ortho intramolecular Hbond substituents is 1. The van der Waals surface area contributed by atoms with E-state index in [1.165, 1.54) is 4.90 Å². The highest BCUT2D eigenvalue weighted by Gasteiger charge is 2.28. The van der Waals surface area contributed by atoms with Gasteiger partial charge in [-0.1, -0.05) is 57.2 Å². The van der Waals surface area contributed by atoms with Crippen LogP contribution in [0.3, 0.4) is 0 Å². The average Bonchev–Trinajstić information content (AvgIpc) is 3.14. The van der Waals surface area contributed by atoms with Gasteiger partial charge in [0.05, 0.1) is 29.0 Å². The van der Waals surface area contributed by atoms with Gasteiger partial charge >= 0.3 is 0 Å². The Kier molecular flexibility index (Phi) is 6.50. The van der Waals surface area contributed by atoms with Crippen LogP contribution < -0.4 is 10.6 Å². The molecule has 2 aromatic carbocycles. The van der Waals surface area contributed by atoms with E-state index in [0.717, 1.165) is 17.3 Å². The molecule has 0 unspecified atom stereocenters. The summed E-state index contributed by atoms with van der Waals surface area (Å²) >= 11 is 1.08. The highest BCUT2D eigenvalue weighted by atomic mass is 32.1. The van der Waals surface area contributed by atoms with Crippen LogP contribution in [-0.4, -0.2) is 38.8 Å². The fourth-order valence-corrected chi connectivity index (χ4v) is 3.84. The van der Waals surface area contributed by atoms with E-state index in [2.05, 4.69) is 52.3 Å².